The molecule has 1 aromatic carbocycles. The molecular weight excluding hydrogens is 328 g/mol. The highest BCUT2D eigenvalue weighted by Crippen LogP contribution is 2.44. The van der Waals surface area contributed by atoms with Gasteiger partial charge in [-0.15, -0.1) is 6.58 Å². The molecule has 0 radical (unpaired) electrons. The van der Waals surface area contributed by atoms with Crippen molar-refractivity contribution in [1.82, 2.24) is 0 Å². The summed E-state index contributed by atoms with van der Waals surface area (Å²) in [5, 5.41) is 0. The van der Waals surface area contributed by atoms with Gasteiger partial charge in [-0.05, 0) is 92.6 Å². The van der Waals surface area contributed by atoms with Crippen LogP contribution in [0.5, 0.6) is 0 Å². The average molecular weight is 367 g/mol. The first-order valence-corrected chi connectivity index (χ1v) is 11.2. The van der Waals surface area contributed by atoms with E-state index in [-0.39, 0.29) is 0 Å². The Morgan fingerprint density at radius 2 is 1.56 bits per heavy atom. The molecule has 1 nitrogen and oxygen atoms in total. The summed E-state index contributed by atoms with van der Waals surface area (Å²) < 4.78 is 5.54. The topological polar surface area (TPSA) is 9.23 Å². The van der Waals surface area contributed by atoms with Crippen molar-refractivity contribution in [3.05, 3.63) is 60.2 Å². The third-order valence-corrected chi connectivity index (χ3v) is 6.85. The third-order valence-electron chi connectivity index (χ3n) is 6.85. The lowest BCUT2D eigenvalue weighted by molar-refractivity contribution is 0.149. The van der Waals surface area contributed by atoms with Gasteiger partial charge in [0.15, 0.2) is 0 Å². The second-order valence-electron chi connectivity index (χ2n) is 8.67. The van der Waals surface area contributed by atoms with Crippen LogP contribution in [-0.4, -0.2) is 6.61 Å². The molecule has 2 aliphatic rings. The van der Waals surface area contributed by atoms with Crippen LogP contribution in [0.25, 0.3) is 0 Å². The minimum Gasteiger partial charge on any atom is -0.373 e. The van der Waals surface area contributed by atoms with Gasteiger partial charge < -0.3 is 4.74 Å². The lowest BCUT2D eigenvalue weighted by Gasteiger charge is -2.37. The molecule has 0 unspecified atom stereocenters. The Morgan fingerprint density at radius 1 is 0.926 bits per heavy atom. The van der Waals surface area contributed by atoms with Crippen molar-refractivity contribution in [3.63, 3.8) is 0 Å². The predicted octanol–water partition coefficient (Wildman–Crippen LogP) is 7.44. The SMILES string of the molecule is C=CCOCc1ccc(C2CCC(C3CCC(C=CCC)CC3)CC2)cc1. The van der Waals surface area contributed by atoms with Gasteiger partial charge in [-0.3, -0.25) is 0 Å². The standard InChI is InChI=1S/C26H38O/c1-3-5-6-21-7-11-23(12-8-21)25-15-17-26(18-16-25)24-13-9-22(10-14-24)20-27-19-4-2/h4-6,9-10,13-14,21,23,25-26H,2-3,7-8,11-12,15-20H2,1H3. The lowest BCUT2D eigenvalue weighted by atomic mass is 9.68. The number of hydrogen-bond donors (Lipinski definition) is 0. The van der Waals surface area contributed by atoms with E-state index in [0.29, 0.717) is 13.2 Å². The van der Waals surface area contributed by atoms with Crippen molar-refractivity contribution in [2.24, 2.45) is 17.8 Å². The van der Waals surface area contributed by atoms with Gasteiger partial charge in [-0.2, -0.15) is 0 Å². The van der Waals surface area contributed by atoms with E-state index >= 15 is 0 Å². The molecule has 2 aliphatic carbocycles. The van der Waals surface area contributed by atoms with Crippen molar-refractivity contribution >= 4 is 0 Å². The van der Waals surface area contributed by atoms with Crippen LogP contribution in [-0.2, 0) is 11.3 Å². The van der Waals surface area contributed by atoms with Crippen LogP contribution in [0.2, 0.25) is 0 Å². The Morgan fingerprint density at radius 3 is 2.15 bits per heavy atom. The normalized spacial score (nSPS) is 29.1. The van der Waals surface area contributed by atoms with Gasteiger partial charge in [0, 0.05) is 0 Å². The van der Waals surface area contributed by atoms with E-state index in [1.54, 1.807) is 6.08 Å². The zero-order valence-electron chi connectivity index (χ0n) is 17.2. The number of ether oxygens (including phenoxy) is 1. The average Bonchev–Trinajstić information content (AvgIpc) is 2.73. The third kappa shape index (κ3) is 6.07. The molecule has 0 saturated heterocycles. The molecule has 0 aliphatic heterocycles. The predicted molar refractivity (Wildman–Crippen MR) is 116 cm³/mol. The van der Waals surface area contributed by atoms with Gasteiger partial charge in [0.25, 0.3) is 0 Å². The number of hydrogen-bond acceptors (Lipinski definition) is 1. The molecule has 27 heavy (non-hydrogen) atoms. The molecular formula is C26H38O. The summed E-state index contributed by atoms with van der Waals surface area (Å²) in [6.07, 6.45) is 19.3. The Kier molecular flexibility index (Phi) is 8.20. The highest BCUT2D eigenvalue weighted by Gasteiger charge is 2.30. The van der Waals surface area contributed by atoms with E-state index in [9.17, 15) is 0 Å². The maximum Gasteiger partial charge on any atom is 0.0721 e. The number of rotatable bonds is 8. The van der Waals surface area contributed by atoms with Gasteiger partial charge in [0.2, 0.25) is 0 Å². The van der Waals surface area contributed by atoms with Gasteiger partial charge in [0.1, 0.15) is 0 Å². The fourth-order valence-corrected chi connectivity index (χ4v) is 5.21. The van der Waals surface area contributed by atoms with Crippen molar-refractivity contribution in [2.45, 2.75) is 77.2 Å². The van der Waals surface area contributed by atoms with Crippen LogP contribution >= 0.6 is 0 Å². The summed E-state index contributed by atoms with van der Waals surface area (Å²) in [5.41, 5.74) is 2.80. The highest BCUT2D eigenvalue weighted by molar-refractivity contribution is 5.25. The highest BCUT2D eigenvalue weighted by atomic mass is 16.5. The zero-order chi connectivity index (χ0) is 18.9. The summed E-state index contributed by atoms with van der Waals surface area (Å²) in [5.74, 6) is 3.63. The number of allylic oxidation sites excluding steroid dienone is 2. The first kappa shape index (κ1) is 20.4. The molecule has 0 aromatic heterocycles. The zero-order valence-corrected chi connectivity index (χ0v) is 17.2. The molecule has 0 spiro atoms. The molecule has 148 valence electrons. The largest absolute Gasteiger partial charge is 0.373 e. The van der Waals surface area contributed by atoms with Crippen molar-refractivity contribution in [1.29, 1.82) is 0 Å². The fraction of sp³-hybridized carbons (Fsp3) is 0.615. The van der Waals surface area contributed by atoms with Gasteiger partial charge >= 0.3 is 0 Å². The summed E-state index contributed by atoms with van der Waals surface area (Å²) in [6.45, 7) is 7.25. The minimum absolute atomic E-state index is 0.628. The van der Waals surface area contributed by atoms with Crippen LogP contribution in [0.15, 0.2) is 49.1 Å². The van der Waals surface area contributed by atoms with Crippen molar-refractivity contribution in [2.75, 3.05) is 6.61 Å². The summed E-state index contributed by atoms with van der Waals surface area (Å²) >= 11 is 0. The molecule has 3 rings (SSSR count). The summed E-state index contributed by atoms with van der Waals surface area (Å²) in [4.78, 5) is 0. The summed E-state index contributed by atoms with van der Waals surface area (Å²) in [6, 6.07) is 9.16. The van der Waals surface area contributed by atoms with E-state index < -0.39 is 0 Å². The molecule has 0 atom stereocenters. The smallest absolute Gasteiger partial charge is 0.0721 e. The van der Waals surface area contributed by atoms with Crippen molar-refractivity contribution in [3.8, 4) is 0 Å². The molecule has 0 heterocycles. The fourth-order valence-electron chi connectivity index (χ4n) is 5.21. The molecule has 0 N–H and O–H groups in total. The maximum absolute atomic E-state index is 5.54. The Bertz CT molecular complexity index is 569. The Balaban J connectivity index is 1.42. The lowest BCUT2D eigenvalue weighted by Crippen LogP contribution is -2.25. The quantitative estimate of drug-likeness (QED) is 0.343. The van der Waals surface area contributed by atoms with E-state index in [2.05, 4.69) is 49.9 Å². The first-order chi connectivity index (χ1) is 13.3. The van der Waals surface area contributed by atoms with Crippen LogP contribution in [0.4, 0.5) is 0 Å². The monoisotopic (exact) mass is 366 g/mol. The molecule has 1 aromatic rings. The van der Waals surface area contributed by atoms with Crippen LogP contribution in [0.1, 0.15) is 81.8 Å². The molecule has 2 saturated carbocycles. The van der Waals surface area contributed by atoms with Crippen LogP contribution < -0.4 is 0 Å². The first-order valence-electron chi connectivity index (χ1n) is 11.2. The molecule has 1 heteroatoms. The van der Waals surface area contributed by atoms with E-state index in [0.717, 1.165) is 23.7 Å². The molecule has 0 amide bonds. The van der Waals surface area contributed by atoms with Gasteiger partial charge in [0.05, 0.1) is 13.2 Å². The number of benzene rings is 1. The Hall–Kier alpha value is -1.34. The second-order valence-corrected chi connectivity index (χ2v) is 8.67. The maximum atomic E-state index is 5.54. The van der Waals surface area contributed by atoms with Gasteiger partial charge in [-0.1, -0.05) is 49.4 Å². The van der Waals surface area contributed by atoms with Crippen molar-refractivity contribution < 1.29 is 4.74 Å². The van der Waals surface area contributed by atoms with Gasteiger partial charge in [-0.25, -0.2) is 0 Å². The van der Waals surface area contributed by atoms with Crippen LogP contribution in [0.3, 0.4) is 0 Å². The minimum atomic E-state index is 0.628. The molecule has 2 fully saturated rings. The van der Waals surface area contributed by atoms with E-state index in [1.807, 2.05) is 0 Å². The molecule has 0 bridgehead atoms. The second kappa shape index (κ2) is 10.9. The Labute approximate surface area is 166 Å². The summed E-state index contributed by atoms with van der Waals surface area (Å²) in [7, 11) is 0. The van der Waals surface area contributed by atoms with Crippen LogP contribution in [0, 0.1) is 17.8 Å². The van der Waals surface area contributed by atoms with E-state index in [4.69, 9.17) is 4.74 Å². The van der Waals surface area contributed by atoms with E-state index in [1.165, 1.54) is 68.9 Å².